The number of rotatable bonds is 3. The molecule has 0 aliphatic carbocycles. The molecule has 0 fully saturated rings. The quantitative estimate of drug-likeness (QED) is 0.425. The molecule has 5 heteroatoms. The summed E-state index contributed by atoms with van der Waals surface area (Å²) in [5.41, 5.74) is 5.21. The smallest absolute Gasteiger partial charge is 0.198 e. The van der Waals surface area contributed by atoms with Crippen LogP contribution in [0.2, 0.25) is 6.32 Å². The number of halogens is 1. The van der Waals surface area contributed by atoms with Crippen LogP contribution in [0.3, 0.4) is 0 Å². The summed E-state index contributed by atoms with van der Waals surface area (Å²) in [5, 5.41) is 0. The van der Waals surface area contributed by atoms with Crippen LogP contribution in [0.15, 0.2) is 0 Å². The molecular weight excluding hydrogens is 140 g/mol. The van der Waals surface area contributed by atoms with Gasteiger partial charge >= 0.3 is 0 Å². The lowest BCUT2D eigenvalue weighted by Crippen LogP contribution is -2.01. The molecule has 0 aliphatic heterocycles. The van der Waals surface area contributed by atoms with E-state index in [1.165, 1.54) is 19.2 Å². The lowest BCUT2D eigenvalue weighted by molar-refractivity contribution is 0.823. The third-order valence-electron chi connectivity index (χ3n) is 0.808. The molecule has 0 unspecified atom stereocenters. The summed E-state index contributed by atoms with van der Waals surface area (Å²) >= 11 is 0. The van der Waals surface area contributed by atoms with E-state index in [0.717, 1.165) is 7.41 Å². The second kappa shape index (κ2) is 24.0. The van der Waals surface area contributed by atoms with Crippen LogP contribution in [-0.4, -0.2) is 18.4 Å². The maximum Gasteiger partial charge on any atom is 0.198 e. The number of nitrogens with two attached hydrogens (primary N) is 1. The monoisotopic (exact) mass is 157 g/mol. The largest absolute Gasteiger partial charge is 0.412 e. The van der Waals surface area contributed by atoms with Crippen molar-refractivity contribution < 1.29 is 11.0 Å². The molecule has 0 aromatic rings. The van der Waals surface area contributed by atoms with Crippen molar-refractivity contribution in [2.24, 2.45) is 5.64 Å². The highest BCUT2D eigenvalue weighted by Gasteiger charge is 1.78. The standard InChI is InChI=1S/C4H12BN.ClH.2H2O/c1-2-3-4-5-6;;;/h5H,2-4,6H2,1H3;1H;2*1H2. The van der Waals surface area contributed by atoms with Crippen molar-refractivity contribution >= 4 is 19.8 Å². The van der Waals surface area contributed by atoms with Gasteiger partial charge in [0.1, 0.15) is 0 Å². The zero-order chi connectivity index (χ0) is 4.83. The first kappa shape index (κ1) is 22.9. The Labute approximate surface area is 63.3 Å². The Morgan fingerprint density at radius 2 is 1.78 bits per heavy atom. The molecule has 0 spiro atoms. The van der Waals surface area contributed by atoms with Crippen LogP contribution in [0.25, 0.3) is 0 Å². The summed E-state index contributed by atoms with van der Waals surface area (Å²) in [6.07, 6.45) is 3.75. The Morgan fingerprint density at radius 3 is 1.89 bits per heavy atom. The zero-order valence-electron chi connectivity index (χ0n) is 5.81. The summed E-state index contributed by atoms with van der Waals surface area (Å²) < 4.78 is 0. The summed E-state index contributed by atoms with van der Waals surface area (Å²) in [7, 11) is 0.855. The van der Waals surface area contributed by atoms with E-state index < -0.39 is 0 Å². The summed E-state index contributed by atoms with van der Waals surface area (Å²) in [5.74, 6) is 0. The zero-order valence-corrected chi connectivity index (χ0v) is 6.63. The minimum atomic E-state index is 0. The van der Waals surface area contributed by atoms with Crippen molar-refractivity contribution in [2.75, 3.05) is 0 Å². The lowest BCUT2D eigenvalue weighted by Gasteiger charge is -1.84. The molecular formula is C4H17BClNO2. The second-order valence-corrected chi connectivity index (χ2v) is 1.50. The summed E-state index contributed by atoms with van der Waals surface area (Å²) in [6.45, 7) is 2.18. The van der Waals surface area contributed by atoms with Gasteiger partial charge in [-0.2, -0.15) is 0 Å². The molecule has 3 nitrogen and oxygen atoms in total. The molecule has 0 radical (unpaired) electrons. The molecule has 0 saturated carbocycles. The van der Waals surface area contributed by atoms with Gasteiger partial charge in [0.15, 0.2) is 7.41 Å². The van der Waals surface area contributed by atoms with Crippen LogP contribution in [-0.2, 0) is 0 Å². The van der Waals surface area contributed by atoms with E-state index in [-0.39, 0.29) is 23.4 Å². The van der Waals surface area contributed by atoms with E-state index in [1.54, 1.807) is 0 Å². The average molecular weight is 157 g/mol. The molecule has 9 heavy (non-hydrogen) atoms. The maximum atomic E-state index is 5.21. The molecule has 0 aliphatic rings. The van der Waals surface area contributed by atoms with Crippen LogP contribution in [0.5, 0.6) is 0 Å². The molecule has 0 aromatic heterocycles. The predicted octanol–water partition coefficient (Wildman–Crippen LogP) is -0.713. The van der Waals surface area contributed by atoms with Gasteiger partial charge in [-0.05, 0) is 0 Å². The Bertz CT molecular complexity index is 30.5. The highest BCUT2D eigenvalue weighted by Crippen LogP contribution is 1.88. The molecule has 0 amide bonds. The van der Waals surface area contributed by atoms with Gasteiger partial charge in [-0.15, -0.1) is 12.4 Å². The first-order valence-corrected chi connectivity index (χ1v) is 2.62. The van der Waals surface area contributed by atoms with Gasteiger partial charge in [0, 0.05) is 0 Å². The number of hydrogen-bond donors (Lipinski definition) is 1. The number of hydrogen-bond acceptors (Lipinski definition) is 1. The molecule has 0 heterocycles. The minimum absolute atomic E-state index is 0. The van der Waals surface area contributed by atoms with Gasteiger partial charge in [0.05, 0.1) is 0 Å². The van der Waals surface area contributed by atoms with Crippen LogP contribution in [0.1, 0.15) is 19.8 Å². The Kier molecular flexibility index (Phi) is 61.0. The van der Waals surface area contributed by atoms with E-state index in [1.807, 2.05) is 0 Å². The molecule has 0 aromatic carbocycles. The van der Waals surface area contributed by atoms with Crippen LogP contribution in [0, 0.1) is 0 Å². The molecule has 0 atom stereocenters. The third-order valence-corrected chi connectivity index (χ3v) is 0.808. The first-order chi connectivity index (χ1) is 2.91. The Morgan fingerprint density at radius 1 is 1.33 bits per heavy atom. The van der Waals surface area contributed by atoms with Crippen molar-refractivity contribution in [3.63, 3.8) is 0 Å². The van der Waals surface area contributed by atoms with Gasteiger partial charge < -0.3 is 16.6 Å². The van der Waals surface area contributed by atoms with Gasteiger partial charge in [-0.1, -0.05) is 26.1 Å². The van der Waals surface area contributed by atoms with E-state index in [2.05, 4.69) is 6.92 Å². The van der Waals surface area contributed by atoms with Crippen molar-refractivity contribution in [3.05, 3.63) is 0 Å². The summed E-state index contributed by atoms with van der Waals surface area (Å²) in [4.78, 5) is 0. The van der Waals surface area contributed by atoms with Gasteiger partial charge in [-0.25, -0.2) is 0 Å². The summed E-state index contributed by atoms with van der Waals surface area (Å²) in [6, 6.07) is 0. The van der Waals surface area contributed by atoms with Crippen molar-refractivity contribution in [1.82, 2.24) is 0 Å². The average Bonchev–Trinajstić information content (AvgIpc) is 1.61. The van der Waals surface area contributed by atoms with Gasteiger partial charge in [0.2, 0.25) is 0 Å². The van der Waals surface area contributed by atoms with E-state index >= 15 is 0 Å². The van der Waals surface area contributed by atoms with Crippen molar-refractivity contribution in [2.45, 2.75) is 26.1 Å². The fraction of sp³-hybridized carbons (Fsp3) is 1.00. The number of unbranched alkanes of at least 4 members (excludes halogenated alkanes) is 1. The van der Waals surface area contributed by atoms with Crippen LogP contribution in [0.4, 0.5) is 0 Å². The SMILES string of the molecule is CCCCBN.Cl.O.O. The van der Waals surface area contributed by atoms with Crippen LogP contribution >= 0.6 is 12.4 Å². The molecule has 0 rings (SSSR count). The van der Waals surface area contributed by atoms with Crippen molar-refractivity contribution in [3.8, 4) is 0 Å². The van der Waals surface area contributed by atoms with Crippen LogP contribution < -0.4 is 5.64 Å². The molecule has 6 N–H and O–H groups in total. The predicted molar refractivity (Wildman–Crippen MR) is 45.5 cm³/mol. The van der Waals surface area contributed by atoms with Crippen molar-refractivity contribution in [1.29, 1.82) is 0 Å². The normalized spacial score (nSPS) is 5.56. The minimum Gasteiger partial charge on any atom is -0.412 e. The van der Waals surface area contributed by atoms with E-state index in [9.17, 15) is 0 Å². The first-order valence-electron chi connectivity index (χ1n) is 2.62. The molecule has 0 saturated heterocycles. The van der Waals surface area contributed by atoms with E-state index in [0.29, 0.717) is 0 Å². The topological polar surface area (TPSA) is 89.0 Å². The highest BCUT2D eigenvalue weighted by molar-refractivity contribution is 6.30. The van der Waals surface area contributed by atoms with Gasteiger partial charge in [-0.3, -0.25) is 0 Å². The fourth-order valence-corrected chi connectivity index (χ4v) is 0.394. The fourth-order valence-electron chi connectivity index (χ4n) is 0.394. The van der Waals surface area contributed by atoms with E-state index in [4.69, 9.17) is 5.64 Å². The maximum absolute atomic E-state index is 5.21. The second-order valence-electron chi connectivity index (χ2n) is 1.50. The molecule has 0 bridgehead atoms. The Balaban J connectivity index is -0.0000000417. The molecule has 60 valence electrons. The highest BCUT2D eigenvalue weighted by atomic mass is 35.5. The Hall–Kier alpha value is 0.235. The lowest BCUT2D eigenvalue weighted by atomic mass is 9.89. The van der Waals surface area contributed by atoms with Gasteiger partial charge in [0.25, 0.3) is 0 Å². The third kappa shape index (κ3) is 30.6.